The SMILES string of the molecule is Cn1c(-c2ccc(F)cc2)cnc1NCc1cccc(O)c1. The van der Waals surface area contributed by atoms with Gasteiger partial charge in [0.1, 0.15) is 11.6 Å². The molecule has 112 valence electrons. The first-order valence-corrected chi connectivity index (χ1v) is 6.93. The summed E-state index contributed by atoms with van der Waals surface area (Å²) in [6.45, 7) is 0.558. The Morgan fingerprint density at radius 2 is 1.95 bits per heavy atom. The summed E-state index contributed by atoms with van der Waals surface area (Å²) in [5, 5.41) is 12.7. The summed E-state index contributed by atoms with van der Waals surface area (Å²) in [6, 6.07) is 13.4. The van der Waals surface area contributed by atoms with Crippen LogP contribution in [0.3, 0.4) is 0 Å². The molecule has 3 rings (SSSR count). The van der Waals surface area contributed by atoms with E-state index >= 15 is 0 Å². The van der Waals surface area contributed by atoms with Crippen molar-refractivity contribution in [2.75, 3.05) is 5.32 Å². The maximum Gasteiger partial charge on any atom is 0.203 e. The van der Waals surface area contributed by atoms with Crippen molar-refractivity contribution in [3.8, 4) is 17.0 Å². The molecule has 0 saturated heterocycles. The van der Waals surface area contributed by atoms with E-state index in [2.05, 4.69) is 10.3 Å². The van der Waals surface area contributed by atoms with Gasteiger partial charge in [-0.2, -0.15) is 0 Å². The van der Waals surface area contributed by atoms with Gasteiger partial charge in [-0.1, -0.05) is 12.1 Å². The van der Waals surface area contributed by atoms with Crippen LogP contribution < -0.4 is 5.32 Å². The Morgan fingerprint density at radius 1 is 1.18 bits per heavy atom. The van der Waals surface area contributed by atoms with Gasteiger partial charge in [0.15, 0.2) is 0 Å². The summed E-state index contributed by atoms with van der Waals surface area (Å²) in [7, 11) is 1.90. The van der Waals surface area contributed by atoms with Crippen LogP contribution in [0.5, 0.6) is 5.75 Å². The molecule has 4 nitrogen and oxygen atoms in total. The minimum Gasteiger partial charge on any atom is -0.508 e. The molecular weight excluding hydrogens is 281 g/mol. The van der Waals surface area contributed by atoms with E-state index in [-0.39, 0.29) is 11.6 Å². The third-order valence-electron chi connectivity index (χ3n) is 3.49. The van der Waals surface area contributed by atoms with E-state index in [1.807, 2.05) is 17.7 Å². The number of aromatic nitrogens is 2. The maximum atomic E-state index is 13.0. The van der Waals surface area contributed by atoms with Crippen LogP contribution >= 0.6 is 0 Å². The lowest BCUT2D eigenvalue weighted by atomic mass is 10.2. The number of imidazole rings is 1. The fraction of sp³-hybridized carbons (Fsp3) is 0.118. The Balaban J connectivity index is 1.77. The third kappa shape index (κ3) is 2.93. The minimum atomic E-state index is -0.256. The molecule has 2 aromatic carbocycles. The Morgan fingerprint density at radius 3 is 2.68 bits per heavy atom. The van der Waals surface area contributed by atoms with Crippen LogP contribution in [-0.2, 0) is 13.6 Å². The highest BCUT2D eigenvalue weighted by Crippen LogP contribution is 2.22. The Hall–Kier alpha value is -2.82. The molecule has 0 amide bonds. The second-order valence-electron chi connectivity index (χ2n) is 5.06. The lowest BCUT2D eigenvalue weighted by Crippen LogP contribution is -2.05. The van der Waals surface area contributed by atoms with Gasteiger partial charge in [-0.15, -0.1) is 0 Å². The van der Waals surface area contributed by atoms with Crippen LogP contribution in [0.4, 0.5) is 10.3 Å². The number of phenols is 1. The molecule has 22 heavy (non-hydrogen) atoms. The van der Waals surface area contributed by atoms with Gasteiger partial charge in [0.25, 0.3) is 0 Å². The van der Waals surface area contributed by atoms with E-state index in [0.717, 1.165) is 16.8 Å². The lowest BCUT2D eigenvalue weighted by Gasteiger charge is -2.09. The van der Waals surface area contributed by atoms with E-state index < -0.39 is 0 Å². The molecule has 0 aliphatic carbocycles. The molecule has 0 spiro atoms. The van der Waals surface area contributed by atoms with Crippen molar-refractivity contribution < 1.29 is 9.50 Å². The molecule has 3 aromatic rings. The summed E-state index contributed by atoms with van der Waals surface area (Å²) in [6.07, 6.45) is 1.75. The Bertz CT molecular complexity index is 781. The molecule has 0 fully saturated rings. The van der Waals surface area contributed by atoms with Crippen LogP contribution in [0.2, 0.25) is 0 Å². The Kier molecular flexibility index (Phi) is 3.78. The molecule has 1 heterocycles. The van der Waals surface area contributed by atoms with Gasteiger partial charge < -0.3 is 15.0 Å². The fourth-order valence-electron chi connectivity index (χ4n) is 2.31. The molecule has 0 bridgehead atoms. The monoisotopic (exact) mass is 297 g/mol. The first kappa shape index (κ1) is 14.1. The number of halogens is 1. The molecule has 5 heteroatoms. The summed E-state index contributed by atoms with van der Waals surface area (Å²) in [5.41, 5.74) is 2.77. The summed E-state index contributed by atoms with van der Waals surface area (Å²) >= 11 is 0. The van der Waals surface area contributed by atoms with Crippen LogP contribution in [0.1, 0.15) is 5.56 Å². The molecule has 0 aliphatic rings. The van der Waals surface area contributed by atoms with Crippen LogP contribution in [0.15, 0.2) is 54.7 Å². The van der Waals surface area contributed by atoms with Gasteiger partial charge in [0.05, 0.1) is 11.9 Å². The van der Waals surface area contributed by atoms with Crippen molar-refractivity contribution >= 4 is 5.95 Å². The van der Waals surface area contributed by atoms with Crippen molar-refractivity contribution in [3.63, 3.8) is 0 Å². The molecular formula is C17H16FN3O. The predicted octanol–water partition coefficient (Wildman–Crippen LogP) is 3.54. The fourth-order valence-corrected chi connectivity index (χ4v) is 2.31. The first-order valence-electron chi connectivity index (χ1n) is 6.93. The summed E-state index contributed by atoms with van der Waals surface area (Å²) in [5.74, 6) is 0.696. The zero-order valence-corrected chi connectivity index (χ0v) is 12.1. The van der Waals surface area contributed by atoms with Gasteiger partial charge in [0, 0.05) is 19.2 Å². The number of anilines is 1. The molecule has 0 aliphatic heterocycles. The number of benzene rings is 2. The van der Waals surface area contributed by atoms with Crippen LogP contribution in [0.25, 0.3) is 11.3 Å². The number of nitrogens with zero attached hydrogens (tertiary/aromatic N) is 2. The number of phenolic OH excluding ortho intramolecular Hbond substituents is 1. The highest BCUT2D eigenvalue weighted by molar-refractivity contribution is 5.61. The summed E-state index contributed by atoms with van der Waals surface area (Å²) < 4.78 is 14.9. The van der Waals surface area contributed by atoms with Gasteiger partial charge in [-0.25, -0.2) is 9.37 Å². The number of nitrogens with one attached hydrogen (secondary N) is 1. The Labute approximate surface area is 127 Å². The number of hydrogen-bond acceptors (Lipinski definition) is 3. The van der Waals surface area contributed by atoms with Crippen molar-refractivity contribution in [3.05, 3.63) is 66.1 Å². The quantitative estimate of drug-likeness (QED) is 0.774. The summed E-state index contributed by atoms with van der Waals surface area (Å²) in [4.78, 5) is 4.35. The number of aromatic hydroxyl groups is 1. The largest absolute Gasteiger partial charge is 0.508 e. The average molecular weight is 297 g/mol. The van der Waals surface area contributed by atoms with Crippen LogP contribution in [-0.4, -0.2) is 14.7 Å². The highest BCUT2D eigenvalue weighted by atomic mass is 19.1. The van der Waals surface area contributed by atoms with Crippen molar-refractivity contribution in [2.45, 2.75) is 6.54 Å². The van der Waals surface area contributed by atoms with Crippen LogP contribution in [0, 0.1) is 5.82 Å². The van der Waals surface area contributed by atoms with Gasteiger partial charge >= 0.3 is 0 Å². The second-order valence-corrected chi connectivity index (χ2v) is 5.06. The maximum absolute atomic E-state index is 13.0. The van der Waals surface area contributed by atoms with Gasteiger partial charge in [0.2, 0.25) is 5.95 Å². The van der Waals surface area contributed by atoms with E-state index in [1.165, 1.54) is 12.1 Å². The van der Waals surface area contributed by atoms with Crippen molar-refractivity contribution in [2.24, 2.45) is 7.05 Å². The van der Waals surface area contributed by atoms with E-state index in [1.54, 1.807) is 36.5 Å². The molecule has 0 radical (unpaired) electrons. The second kappa shape index (κ2) is 5.89. The third-order valence-corrected chi connectivity index (χ3v) is 3.49. The van der Waals surface area contributed by atoms with Crippen molar-refractivity contribution in [1.29, 1.82) is 0 Å². The van der Waals surface area contributed by atoms with E-state index in [4.69, 9.17) is 0 Å². The topological polar surface area (TPSA) is 50.1 Å². The lowest BCUT2D eigenvalue weighted by molar-refractivity contribution is 0.474. The van der Waals surface area contributed by atoms with Gasteiger partial charge in [-0.3, -0.25) is 0 Å². The molecule has 1 aromatic heterocycles. The van der Waals surface area contributed by atoms with Gasteiger partial charge in [-0.05, 0) is 42.0 Å². The first-order chi connectivity index (χ1) is 10.6. The average Bonchev–Trinajstić information content (AvgIpc) is 2.87. The molecule has 2 N–H and O–H groups in total. The normalized spacial score (nSPS) is 10.6. The molecule has 0 saturated carbocycles. The molecule has 0 atom stereocenters. The smallest absolute Gasteiger partial charge is 0.203 e. The highest BCUT2D eigenvalue weighted by Gasteiger charge is 2.08. The predicted molar refractivity (Wildman–Crippen MR) is 84.0 cm³/mol. The minimum absolute atomic E-state index is 0.242. The van der Waals surface area contributed by atoms with E-state index in [0.29, 0.717) is 12.5 Å². The number of rotatable bonds is 4. The van der Waals surface area contributed by atoms with Crippen molar-refractivity contribution in [1.82, 2.24) is 9.55 Å². The standard InChI is InChI=1S/C17H16FN3O/c1-21-16(13-5-7-14(18)8-6-13)11-20-17(21)19-10-12-3-2-4-15(22)9-12/h2-9,11,22H,10H2,1H3,(H,19,20). The van der Waals surface area contributed by atoms with E-state index in [9.17, 15) is 9.50 Å². The number of hydrogen-bond donors (Lipinski definition) is 2. The molecule has 0 unspecified atom stereocenters. The zero-order chi connectivity index (χ0) is 15.5. The zero-order valence-electron chi connectivity index (χ0n) is 12.1.